The van der Waals surface area contributed by atoms with E-state index in [1.165, 1.54) is 19.2 Å². The molecule has 1 aromatic rings. The smallest absolute Gasteiger partial charge is 0.310 e. The summed E-state index contributed by atoms with van der Waals surface area (Å²) in [5.41, 5.74) is 0.848. The van der Waals surface area contributed by atoms with Crippen LogP contribution in [0.1, 0.15) is 11.5 Å². The lowest BCUT2D eigenvalue weighted by Gasteiger charge is -2.16. The second-order valence-corrected chi connectivity index (χ2v) is 3.95. The molecule has 2 atom stereocenters. The molecule has 1 N–H and O–H groups in total. The largest absolute Gasteiger partial charge is 0.469 e. The van der Waals surface area contributed by atoms with E-state index in [9.17, 15) is 9.18 Å². The maximum atomic E-state index is 13.1. The van der Waals surface area contributed by atoms with Crippen LogP contribution in [0.25, 0.3) is 0 Å². The highest BCUT2D eigenvalue weighted by molar-refractivity contribution is 5.74. The minimum Gasteiger partial charge on any atom is -0.469 e. The van der Waals surface area contributed by atoms with Crippen LogP contribution >= 0.6 is 0 Å². The summed E-state index contributed by atoms with van der Waals surface area (Å²) in [6.45, 7) is 1.27. The van der Waals surface area contributed by atoms with Gasteiger partial charge in [-0.15, -0.1) is 0 Å². The van der Waals surface area contributed by atoms with Gasteiger partial charge < -0.3 is 10.1 Å². The molecule has 0 aliphatic carbocycles. The van der Waals surface area contributed by atoms with Crippen molar-refractivity contribution in [3.8, 4) is 0 Å². The van der Waals surface area contributed by atoms with E-state index >= 15 is 0 Å². The number of esters is 1. The van der Waals surface area contributed by atoms with Crippen LogP contribution in [0.4, 0.5) is 4.39 Å². The Morgan fingerprint density at radius 3 is 3.00 bits per heavy atom. The van der Waals surface area contributed by atoms with Gasteiger partial charge in [-0.1, -0.05) is 12.1 Å². The summed E-state index contributed by atoms with van der Waals surface area (Å²) in [4.78, 5) is 11.5. The van der Waals surface area contributed by atoms with Crippen LogP contribution in [0.2, 0.25) is 0 Å². The molecule has 1 fully saturated rings. The van der Waals surface area contributed by atoms with Crippen molar-refractivity contribution in [3.63, 3.8) is 0 Å². The van der Waals surface area contributed by atoms with Gasteiger partial charge in [0.1, 0.15) is 5.82 Å². The van der Waals surface area contributed by atoms with Gasteiger partial charge in [0.2, 0.25) is 0 Å². The van der Waals surface area contributed by atoms with E-state index in [0.29, 0.717) is 13.1 Å². The van der Waals surface area contributed by atoms with Gasteiger partial charge in [-0.25, -0.2) is 4.39 Å². The fraction of sp³-hybridized carbons (Fsp3) is 0.417. The fourth-order valence-corrected chi connectivity index (χ4v) is 2.17. The van der Waals surface area contributed by atoms with Gasteiger partial charge in [0.05, 0.1) is 13.0 Å². The quantitative estimate of drug-likeness (QED) is 0.768. The summed E-state index contributed by atoms with van der Waals surface area (Å²) in [5, 5.41) is 3.13. The van der Waals surface area contributed by atoms with Crippen molar-refractivity contribution >= 4 is 5.97 Å². The van der Waals surface area contributed by atoms with Crippen LogP contribution < -0.4 is 5.32 Å². The van der Waals surface area contributed by atoms with E-state index in [2.05, 4.69) is 5.32 Å². The van der Waals surface area contributed by atoms with Crippen molar-refractivity contribution in [2.75, 3.05) is 20.2 Å². The molecule has 0 bridgehead atoms. The first-order valence-electron chi connectivity index (χ1n) is 5.26. The van der Waals surface area contributed by atoms with Crippen molar-refractivity contribution in [1.82, 2.24) is 5.32 Å². The van der Waals surface area contributed by atoms with Gasteiger partial charge in [-0.3, -0.25) is 4.79 Å². The van der Waals surface area contributed by atoms with E-state index in [0.717, 1.165) is 5.56 Å². The number of carbonyl (C=O) groups is 1. The molecule has 4 heteroatoms. The standard InChI is InChI=1S/C12H14FNO2/c1-16-12(15)11-7-14-6-10(11)8-3-2-4-9(13)5-8/h2-5,10-11,14H,6-7H2,1H3/t10-,11+/m0/s1. The number of halogens is 1. The molecule has 0 radical (unpaired) electrons. The number of hydrogen-bond donors (Lipinski definition) is 1. The molecule has 1 aliphatic heterocycles. The Morgan fingerprint density at radius 2 is 2.31 bits per heavy atom. The Morgan fingerprint density at radius 1 is 1.50 bits per heavy atom. The summed E-state index contributed by atoms with van der Waals surface area (Å²) in [5.74, 6) is -0.720. The first-order valence-corrected chi connectivity index (χ1v) is 5.26. The lowest BCUT2D eigenvalue weighted by Crippen LogP contribution is -2.22. The van der Waals surface area contributed by atoms with Crippen molar-refractivity contribution in [1.29, 1.82) is 0 Å². The monoisotopic (exact) mass is 223 g/mol. The molecule has 0 amide bonds. The van der Waals surface area contributed by atoms with Crippen LogP contribution in [-0.2, 0) is 9.53 Å². The molecule has 0 spiro atoms. The third-order valence-corrected chi connectivity index (χ3v) is 2.99. The predicted octanol–water partition coefficient (Wildman–Crippen LogP) is 1.30. The van der Waals surface area contributed by atoms with E-state index in [1.807, 2.05) is 6.07 Å². The number of ether oxygens (including phenoxy) is 1. The van der Waals surface area contributed by atoms with Crippen molar-refractivity contribution in [2.45, 2.75) is 5.92 Å². The molecule has 16 heavy (non-hydrogen) atoms. The molecule has 0 aromatic heterocycles. The van der Waals surface area contributed by atoms with Crippen LogP contribution in [0.5, 0.6) is 0 Å². The van der Waals surface area contributed by atoms with Crippen LogP contribution in [-0.4, -0.2) is 26.2 Å². The molecule has 2 rings (SSSR count). The van der Waals surface area contributed by atoms with Gasteiger partial charge >= 0.3 is 5.97 Å². The molecule has 86 valence electrons. The number of hydrogen-bond acceptors (Lipinski definition) is 3. The zero-order valence-electron chi connectivity index (χ0n) is 9.07. The third-order valence-electron chi connectivity index (χ3n) is 2.99. The molecular weight excluding hydrogens is 209 g/mol. The summed E-state index contributed by atoms with van der Waals surface area (Å²) >= 11 is 0. The lowest BCUT2D eigenvalue weighted by molar-refractivity contribution is -0.145. The fourth-order valence-electron chi connectivity index (χ4n) is 2.17. The topological polar surface area (TPSA) is 38.3 Å². The molecule has 1 aliphatic rings. The SMILES string of the molecule is COC(=O)[C@@H]1CNC[C@H]1c1cccc(F)c1. The molecule has 1 aromatic carbocycles. The molecular formula is C12H14FNO2. The van der Waals surface area contributed by atoms with Gasteiger partial charge in [-0.05, 0) is 17.7 Å². The van der Waals surface area contributed by atoms with Gasteiger partial charge in [-0.2, -0.15) is 0 Å². The van der Waals surface area contributed by atoms with Crippen LogP contribution in [0, 0.1) is 11.7 Å². The van der Waals surface area contributed by atoms with Crippen LogP contribution in [0.3, 0.4) is 0 Å². The Bertz CT molecular complexity index is 394. The predicted molar refractivity (Wildman–Crippen MR) is 57.5 cm³/mol. The molecule has 1 heterocycles. The lowest BCUT2D eigenvalue weighted by atomic mass is 9.89. The second kappa shape index (κ2) is 4.61. The number of methoxy groups -OCH3 is 1. The van der Waals surface area contributed by atoms with Gasteiger partial charge in [0.25, 0.3) is 0 Å². The average Bonchev–Trinajstić information content (AvgIpc) is 2.77. The highest BCUT2D eigenvalue weighted by Crippen LogP contribution is 2.29. The van der Waals surface area contributed by atoms with Crippen molar-refractivity contribution in [2.24, 2.45) is 5.92 Å². The van der Waals surface area contributed by atoms with Gasteiger partial charge in [0, 0.05) is 19.0 Å². The van der Waals surface area contributed by atoms with E-state index in [4.69, 9.17) is 4.74 Å². The average molecular weight is 223 g/mol. The first-order chi connectivity index (χ1) is 7.72. The number of benzene rings is 1. The molecule has 0 saturated carbocycles. The summed E-state index contributed by atoms with van der Waals surface area (Å²) < 4.78 is 17.8. The maximum absolute atomic E-state index is 13.1. The summed E-state index contributed by atoms with van der Waals surface area (Å²) in [6, 6.07) is 6.39. The summed E-state index contributed by atoms with van der Waals surface area (Å²) in [7, 11) is 1.38. The molecule has 3 nitrogen and oxygen atoms in total. The van der Waals surface area contributed by atoms with E-state index in [1.54, 1.807) is 6.07 Å². The van der Waals surface area contributed by atoms with Gasteiger partial charge in [0.15, 0.2) is 0 Å². The Balaban J connectivity index is 2.23. The Hall–Kier alpha value is -1.42. The number of nitrogens with one attached hydrogen (secondary N) is 1. The van der Waals surface area contributed by atoms with Crippen molar-refractivity contribution in [3.05, 3.63) is 35.6 Å². The zero-order chi connectivity index (χ0) is 11.5. The number of rotatable bonds is 2. The normalized spacial score (nSPS) is 24.4. The Labute approximate surface area is 93.6 Å². The minimum absolute atomic E-state index is 0.00292. The molecule has 1 saturated heterocycles. The molecule has 0 unspecified atom stereocenters. The van der Waals surface area contributed by atoms with Crippen LogP contribution in [0.15, 0.2) is 24.3 Å². The Kier molecular flexibility index (Phi) is 3.19. The van der Waals surface area contributed by atoms with E-state index < -0.39 is 0 Å². The van der Waals surface area contributed by atoms with E-state index in [-0.39, 0.29) is 23.6 Å². The van der Waals surface area contributed by atoms with Crippen molar-refractivity contribution < 1.29 is 13.9 Å². The number of carbonyl (C=O) groups excluding carboxylic acids is 1. The highest BCUT2D eigenvalue weighted by Gasteiger charge is 2.34. The minimum atomic E-state index is -0.270. The maximum Gasteiger partial charge on any atom is 0.310 e. The highest BCUT2D eigenvalue weighted by atomic mass is 19.1. The first kappa shape index (κ1) is 11.1. The second-order valence-electron chi connectivity index (χ2n) is 3.95. The zero-order valence-corrected chi connectivity index (χ0v) is 9.07. The summed E-state index contributed by atoms with van der Waals surface area (Å²) in [6.07, 6.45) is 0. The third kappa shape index (κ3) is 2.07.